The van der Waals surface area contributed by atoms with Gasteiger partial charge >= 0.3 is 0 Å². The highest BCUT2D eigenvalue weighted by Crippen LogP contribution is 2.26. The van der Waals surface area contributed by atoms with E-state index in [9.17, 15) is 17.2 Å². The number of rotatable bonds is 3. The minimum absolute atomic E-state index is 0.0978. The molecular formula is C14H14F2N2O2S. The van der Waals surface area contributed by atoms with Crippen molar-refractivity contribution in [3.8, 4) is 0 Å². The summed E-state index contributed by atoms with van der Waals surface area (Å²) in [6.45, 7) is 2.95. The van der Waals surface area contributed by atoms with Crippen molar-refractivity contribution < 1.29 is 17.2 Å². The predicted octanol–water partition coefficient (Wildman–Crippen LogP) is 2.96. The molecule has 0 heterocycles. The van der Waals surface area contributed by atoms with Gasteiger partial charge in [-0.05, 0) is 43.2 Å². The molecule has 2 rings (SSSR count). The largest absolute Gasteiger partial charge is 0.399 e. The predicted molar refractivity (Wildman–Crippen MR) is 77.5 cm³/mol. The molecule has 0 saturated heterocycles. The third-order valence-corrected chi connectivity index (χ3v) is 4.34. The van der Waals surface area contributed by atoms with E-state index in [1.165, 1.54) is 19.1 Å². The Balaban J connectivity index is 2.54. The summed E-state index contributed by atoms with van der Waals surface area (Å²) in [6.07, 6.45) is 0. The first-order valence-corrected chi connectivity index (χ1v) is 7.54. The molecule has 0 aliphatic rings. The molecule has 4 nitrogen and oxygen atoms in total. The van der Waals surface area contributed by atoms with E-state index in [2.05, 4.69) is 4.72 Å². The fraction of sp³-hybridized carbons (Fsp3) is 0.143. The lowest BCUT2D eigenvalue weighted by atomic mass is 10.2. The molecule has 0 aromatic heterocycles. The smallest absolute Gasteiger partial charge is 0.265 e. The second kappa shape index (κ2) is 5.33. The third-order valence-electron chi connectivity index (χ3n) is 2.99. The monoisotopic (exact) mass is 312 g/mol. The van der Waals surface area contributed by atoms with Gasteiger partial charge in [-0.15, -0.1) is 0 Å². The first-order chi connectivity index (χ1) is 9.72. The minimum Gasteiger partial charge on any atom is -0.399 e. The van der Waals surface area contributed by atoms with Crippen molar-refractivity contribution in [3.05, 3.63) is 53.1 Å². The summed E-state index contributed by atoms with van der Waals surface area (Å²) >= 11 is 0. The van der Waals surface area contributed by atoms with Crippen LogP contribution in [-0.2, 0) is 10.0 Å². The Morgan fingerprint density at radius 3 is 2.38 bits per heavy atom. The van der Waals surface area contributed by atoms with Gasteiger partial charge in [-0.2, -0.15) is 0 Å². The molecule has 0 atom stereocenters. The zero-order chi connectivity index (χ0) is 15.8. The van der Waals surface area contributed by atoms with Crippen LogP contribution in [0.3, 0.4) is 0 Å². The lowest BCUT2D eigenvalue weighted by Gasteiger charge is -2.13. The number of aryl methyl sites for hydroxylation is 2. The van der Waals surface area contributed by atoms with Crippen molar-refractivity contribution in [2.24, 2.45) is 0 Å². The zero-order valence-electron chi connectivity index (χ0n) is 11.4. The lowest BCUT2D eigenvalue weighted by Crippen LogP contribution is -2.17. The summed E-state index contributed by atoms with van der Waals surface area (Å²) < 4.78 is 54.3. The number of para-hydroxylation sites is 1. The average Bonchev–Trinajstić information content (AvgIpc) is 2.38. The Hall–Kier alpha value is -2.15. The van der Waals surface area contributed by atoms with Crippen LogP contribution >= 0.6 is 0 Å². The van der Waals surface area contributed by atoms with Crippen LogP contribution in [-0.4, -0.2) is 8.42 Å². The quantitative estimate of drug-likeness (QED) is 0.856. The molecule has 2 aromatic rings. The molecule has 0 radical (unpaired) electrons. The molecule has 112 valence electrons. The maximum atomic E-state index is 14.0. The Morgan fingerprint density at radius 1 is 1.10 bits per heavy atom. The summed E-state index contributed by atoms with van der Waals surface area (Å²) in [7, 11) is -4.28. The fourth-order valence-electron chi connectivity index (χ4n) is 1.91. The van der Waals surface area contributed by atoms with Crippen molar-refractivity contribution in [3.63, 3.8) is 0 Å². The summed E-state index contributed by atoms with van der Waals surface area (Å²) in [5.41, 5.74) is 5.93. The Kier molecular flexibility index (Phi) is 3.87. The van der Waals surface area contributed by atoms with E-state index in [1.54, 1.807) is 13.0 Å². The van der Waals surface area contributed by atoms with Crippen LogP contribution < -0.4 is 10.5 Å². The van der Waals surface area contributed by atoms with Gasteiger partial charge in [0.05, 0.1) is 5.69 Å². The minimum atomic E-state index is -4.28. The maximum Gasteiger partial charge on any atom is 0.265 e. The van der Waals surface area contributed by atoms with Crippen molar-refractivity contribution in [2.75, 3.05) is 10.5 Å². The van der Waals surface area contributed by atoms with Gasteiger partial charge in [0, 0.05) is 5.69 Å². The number of sulfonamides is 1. The van der Waals surface area contributed by atoms with Gasteiger partial charge < -0.3 is 5.73 Å². The molecule has 0 aliphatic carbocycles. The van der Waals surface area contributed by atoms with Gasteiger partial charge in [0.2, 0.25) is 0 Å². The normalized spacial score (nSPS) is 11.4. The molecule has 3 N–H and O–H groups in total. The summed E-state index contributed by atoms with van der Waals surface area (Å²) in [5.74, 6) is -1.65. The lowest BCUT2D eigenvalue weighted by molar-refractivity contribution is 0.564. The standard InChI is InChI=1S/C14H14F2N2O2S/c1-8-4-3-5-11(15)14(8)18-21(19,20)12-7-10(17)6-9(2)13(12)16/h3-7,18H,17H2,1-2H3. The van der Waals surface area contributed by atoms with Gasteiger partial charge in [-0.1, -0.05) is 12.1 Å². The van der Waals surface area contributed by atoms with Crippen LogP contribution in [0.25, 0.3) is 0 Å². The fourth-order valence-corrected chi connectivity index (χ4v) is 3.24. The van der Waals surface area contributed by atoms with Crippen LogP contribution in [0.2, 0.25) is 0 Å². The van der Waals surface area contributed by atoms with Crippen LogP contribution in [0.5, 0.6) is 0 Å². The highest BCUT2D eigenvalue weighted by Gasteiger charge is 2.23. The van der Waals surface area contributed by atoms with Gasteiger partial charge in [-0.25, -0.2) is 17.2 Å². The van der Waals surface area contributed by atoms with E-state index in [-0.39, 0.29) is 16.9 Å². The second-order valence-electron chi connectivity index (χ2n) is 4.69. The number of nitrogen functional groups attached to an aromatic ring is 1. The van der Waals surface area contributed by atoms with Crippen LogP contribution in [0.4, 0.5) is 20.2 Å². The number of anilines is 2. The first kappa shape index (κ1) is 15.2. The number of hydrogen-bond donors (Lipinski definition) is 2. The molecule has 7 heteroatoms. The summed E-state index contributed by atoms with van der Waals surface area (Å²) in [5, 5.41) is 0. The van der Waals surface area contributed by atoms with E-state index in [1.807, 2.05) is 0 Å². The third kappa shape index (κ3) is 2.97. The Bertz CT molecular complexity index is 785. The molecule has 0 amide bonds. The van der Waals surface area contributed by atoms with Crippen molar-refractivity contribution in [2.45, 2.75) is 18.7 Å². The van der Waals surface area contributed by atoms with Crippen LogP contribution in [0, 0.1) is 25.5 Å². The molecule has 0 fully saturated rings. The molecule has 0 bridgehead atoms. The van der Waals surface area contributed by atoms with E-state index in [0.717, 1.165) is 12.1 Å². The maximum absolute atomic E-state index is 14.0. The molecule has 21 heavy (non-hydrogen) atoms. The van der Waals surface area contributed by atoms with Gasteiger partial charge in [0.15, 0.2) is 0 Å². The van der Waals surface area contributed by atoms with Crippen molar-refractivity contribution in [1.82, 2.24) is 0 Å². The van der Waals surface area contributed by atoms with E-state index >= 15 is 0 Å². The number of nitrogens with two attached hydrogens (primary N) is 1. The van der Waals surface area contributed by atoms with Crippen LogP contribution in [0.15, 0.2) is 35.2 Å². The van der Waals surface area contributed by atoms with Crippen LogP contribution in [0.1, 0.15) is 11.1 Å². The Labute approximate surface area is 121 Å². The number of hydrogen-bond acceptors (Lipinski definition) is 3. The number of halogens is 2. The molecule has 0 unspecified atom stereocenters. The second-order valence-corrected chi connectivity index (χ2v) is 6.34. The summed E-state index contributed by atoms with van der Waals surface area (Å²) in [6, 6.07) is 6.44. The number of benzene rings is 2. The SMILES string of the molecule is Cc1cc(N)cc(S(=O)(=O)Nc2c(C)cccc2F)c1F. The molecular weight excluding hydrogens is 298 g/mol. The van der Waals surface area contributed by atoms with Crippen molar-refractivity contribution in [1.29, 1.82) is 0 Å². The first-order valence-electron chi connectivity index (χ1n) is 6.06. The number of nitrogens with one attached hydrogen (secondary N) is 1. The van der Waals surface area contributed by atoms with Gasteiger partial charge in [-0.3, -0.25) is 4.72 Å². The van der Waals surface area contributed by atoms with E-state index < -0.39 is 26.6 Å². The van der Waals surface area contributed by atoms with E-state index in [0.29, 0.717) is 5.56 Å². The molecule has 0 aliphatic heterocycles. The average molecular weight is 312 g/mol. The molecule has 2 aromatic carbocycles. The molecule has 0 saturated carbocycles. The van der Waals surface area contributed by atoms with Crippen molar-refractivity contribution >= 4 is 21.4 Å². The van der Waals surface area contributed by atoms with Gasteiger partial charge in [0.25, 0.3) is 10.0 Å². The zero-order valence-corrected chi connectivity index (χ0v) is 12.3. The topological polar surface area (TPSA) is 72.2 Å². The highest BCUT2D eigenvalue weighted by molar-refractivity contribution is 7.92. The van der Waals surface area contributed by atoms with E-state index in [4.69, 9.17) is 5.73 Å². The molecule has 0 spiro atoms. The van der Waals surface area contributed by atoms with Gasteiger partial charge in [0.1, 0.15) is 16.5 Å². The summed E-state index contributed by atoms with van der Waals surface area (Å²) in [4.78, 5) is -0.609. The Morgan fingerprint density at radius 2 is 1.76 bits per heavy atom. The highest BCUT2D eigenvalue weighted by atomic mass is 32.2.